The van der Waals surface area contributed by atoms with E-state index in [0.717, 1.165) is 0 Å². The second kappa shape index (κ2) is 2.98. The lowest BCUT2D eigenvalue weighted by Gasteiger charge is -2.00. The summed E-state index contributed by atoms with van der Waals surface area (Å²) in [6.45, 7) is 0. The molecule has 0 heterocycles. The molecular formula is C6H5BrN2O3. The van der Waals surface area contributed by atoms with Crippen LogP contribution in [0, 0.1) is 10.1 Å². The highest BCUT2D eigenvalue weighted by atomic mass is 79.9. The zero-order chi connectivity index (χ0) is 9.30. The molecule has 1 rings (SSSR count). The molecule has 3 N–H and O–H groups in total. The van der Waals surface area contributed by atoms with Gasteiger partial charge in [0.25, 0.3) is 0 Å². The molecule has 0 aliphatic carbocycles. The summed E-state index contributed by atoms with van der Waals surface area (Å²) in [7, 11) is 0. The number of phenolic OH excluding ortho intramolecular Hbond substituents is 1. The Morgan fingerprint density at radius 2 is 2.17 bits per heavy atom. The normalized spacial score (nSPS) is 9.75. The average molecular weight is 233 g/mol. The highest BCUT2D eigenvalue weighted by Crippen LogP contribution is 2.36. The number of anilines is 1. The van der Waals surface area contributed by atoms with E-state index in [0.29, 0.717) is 0 Å². The second-order valence-corrected chi connectivity index (χ2v) is 2.94. The Balaban J connectivity index is 3.43. The van der Waals surface area contributed by atoms with E-state index in [9.17, 15) is 10.1 Å². The Hall–Kier alpha value is -1.30. The first-order chi connectivity index (χ1) is 5.54. The molecule has 5 nitrogen and oxygen atoms in total. The van der Waals surface area contributed by atoms with Gasteiger partial charge in [-0.3, -0.25) is 10.1 Å². The molecule has 6 heteroatoms. The zero-order valence-electron chi connectivity index (χ0n) is 5.82. The fourth-order valence-corrected chi connectivity index (χ4v) is 1.25. The lowest BCUT2D eigenvalue weighted by atomic mass is 10.2. The number of aromatic hydroxyl groups is 1. The Morgan fingerprint density at radius 3 is 2.58 bits per heavy atom. The maximum absolute atomic E-state index is 10.4. The Morgan fingerprint density at radius 1 is 1.58 bits per heavy atom. The van der Waals surface area contributed by atoms with Crippen molar-refractivity contribution in [3.8, 4) is 5.75 Å². The van der Waals surface area contributed by atoms with Crippen molar-refractivity contribution in [2.24, 2.45) is 0 Å². The lowest BCUT2D eigenvalue weighted by molar-refractivity contribution is -0.384. The van der Waals surface area contributed by atoms with Crippen molar-refractivity contribution >= 4 is 27.3 Å². The molecule has 0 aliphatic heterocycles. The van der Waals surface area contributed by atoms with Gasteiger partial charge in [0.2, 0.25) is 0 Å². The maximum atomic E-state index is 10.4. The van der Waals surface area contributed by atoms with Crippen LogP contribution in [0.2, 0.25) is 0 Å². The van der Waals surface area contributed by atoms with E-state index >= 15 is 0 Å². The summed E-state index contributed by atoms with van der Waals surface area (Å²) < 4.78 is 0.253. The number of hydrogen-bond acceptors (Lipinski definition) is 4. The third-order valence-corrected chi connectivity index (χ3v) is 1.97. The van der Waals surface area contributed by atoms with Crippen LogP contribution in [-0.2, 0) is 0 Å². The first kappa shape index (κ1) is 8.79. The molecule has 1 aromatic carbocycles. The molecule has 0 bridgehead atoms. The third-order valence-electron chi connectivity index (χ3n) is 1.33. The molecule has 0 atom stereocenters. The topological polar surface area (TPSA) is 89.4 Å². The number of halogens is 1. The largest absolute Gasteiger partial charge is 0.506 e. The van der Waals surface area contributed by atoms with Gasteiger partial charge in [0.15, 0.2) is 5.69 Å². The quantitative estimate of drug-likeness (QED) is 0.334. The second-order valence-electron chi connectivity index (χ2n) is 2.09. The molecule has 0 aliphatic rings. The van der Waals surface area contributed by atoms with Gasteiger partial charge < -0.3 is 10.8 Å². The van der Waals surface area contributed by atoms with Crippen LogP contribution in [0.1, 0.15) is 0 Å². The molecule has 0 spiro atoms. The molecular weight excluding hydrogens is 228 g/mol. The first-order valence-corrected chi connectivity index (χ1v) is 3.74. The number of rotatable bonds is 1. The molecule has 1 aromatic rings. The maximum Gasteiger partial charge on any atom is 0.309 e. The molecule has 64 valence electrons. The molecule has 0 aromatic heterocycles. The highest BCUT2D eigenvalue weighted by molar-refractivity contribution is 9.10. The smallest absolute Gasteiger partial charge is 0.309 e. The molecule has 12 heavy (non-hydrogen) atoms. The van der Waals surface area contributed by atoms with Crippen molar-refractivity contribution in [2.75, 3.05) is 5.73 Å². The average Bonchev–Trinajstić information content (AvgIpc) is 1.97. The van der Waals surface area contributed by atoms with Crippen LogP contribution in [0.15, 0.2) is 16.6 Å². The van der Waals surface area contributed by atoms with Gasteiger partial charge in [0, 0.05) is 0 Å². The Bertz CT molecular complexity index is 340. The molecule has 0 saturated heterocycles. The number of nitrogens with two attached hydrogens (primary N) is 1. The van der Waals surface area contributed by atoms with Gasteiger partial charge >= 0.3 is 5.69 Å². The van der Waals surface area contributed by atoms with Gasteiger partial charge in [-0.15, -0.1) is 0 Å². The minimum absolute atomic E-state index is 0.227. The Labute approximate surface area is 76.1 Å². The van der Waals surface area contributed by atoms with E-state index in [2.05, 4.69) is 15.9 Å². The summed E-state index contributed by atoms with van der Waals surface area (Å²) in [5.41, 5.74) is 4.73. The van der Waals surface area contributed by atoms with E-state index in [-0.39, 0.29) is 21.6 Å². The SMILES string of the molecule is Nc1c(O)ccc(Br)c1[N+](=O)[O-]. The number of nitro benzene ring substituents is 1. The minimum Gasteiger partial charge on any atom is -0.506 e. The lowest BCUT2D eigenvalue weighted by Crippen LogP contribution is -1.96. The molecule has 0 unspecified atom stereocenters. The van der Waals surface area contributed by atoms with Gasteiger partial charge in [0.1, 0.15) is 5.75 Å². The number of benzene rings is 1. The van der Waals surface area contributed by atoms with Crippen molar-refractivity contribution in [3.63, 3.8) is 0 Å². The third kappa shape index (κ3) is 1.33. The van der Waals surface area contributed by atoms with Gasteiger partial charge in [0.05, 0.1) is 9.40 Å². The molecule has 0 saturated carbocycles. The van der Waals surface area contributed by atoms with Gasteiger partial charge in [-0.25, -0.2) is 0 Å². The van der Waals surface area contributed by atoms with Gasteiger partial charge in [-0.2, -0.15) is 0 Å². The van der Waals surface area contributed by atoms with Crippen LogP contribution in [0.5, 0.6) is 5.75 Å². The molecule has 0 fully saturated rings. The fraction of sp³-hybridized carbons (Fsp3) is 0. The summed E-state index contributed by atoms with van der Waals surface area (Å²) in [6.07, 6.45) is 0. The predicted molar refractivity (Wildman–Crippen MR) is 46.9 cm³/mol. The first-order valence-electron chi connectivity index (χ1n) is 2.95. The van der Waals surface area contributed by atoms with Crippen LogP contribution >= 0.6 is 15.9 Å². The van der Waals surface area contributed by atoms with Gasteiger partial charge in [-0.1, -0.05) is 0 Å². The van der Waals surface area contributed by atoms with Crippen molar-refractivity contribution in [1.29, 1.82) is 0 Å². The number of nitrogens with zero attached hydrogens (tertiary/aromatic N) is 1. The zero-order valence-corrected chi connectivity index (χ0v) is 7.41. The minimum atomic E-state index is -0.654. The van der Waals surface area contributed by atoms with Crippen LogP contribution in [-0.4, -0.2) is 10.0 Å². The van der Waals surface area contributed by atoms with E-state index in [1.807, 2.05) is 0 Å². The summed E-state index contributed by atoms with van der Waals surface area (Å²) in [5.74, 6) is -0.287. The van der Waals surface area contributed by atoms with Crippen molar-refractivity contribution in [3.05, 3.63) is 26.7 Å². The summed E-state index contributed by atoms with van der Waals surface area (Å²) >= 11 is 2.95. The van der Waals surface area contributed by atoms with E-state index in [4.69, 9.17) is 10.8 Å². The van der Waals surface area contributed by atoms with Crippen LogP contribution < -0.4 is 5.73 Å². The van der Waals surface area contributed by atoms with Crippen LogP contribution in [0.25, 0.3) is 0 Å². The highest BCUT2D eigenvalue weighted by Gasteiger charge is 2.18. The number of hydrogen-bond donors (Lipinski definition) is 2. The summed E-state index contributed by atoms with van der Waals surface area (Å²) in [4.78, 5) is 9.73. The fourth-order valence-electron chi connectivity index (χ4n) is 0.756. The van der Waals surface area contributed by atoms with E-state index in [1.165, 1.54) is 12.1 Å². The summed E-state index contributed by atoms with van der Waals surface area (Å²) in [6, 6.07) is 2.65. The van der Waals surface area contributed by atoms with Gasteiger partial charge in [-0.05, 0) is 28.1 Å². The van der Waals surface area contributed by atoms with Crippen molar-refractivity contribution in [2.45, 2.75) is 0 Å². The van der Waals surface area contributed by atoms with E-state index < -0.39 is 4.92 Å². The van der Waals surface area contributed by atoms with Crippen LogP contribution in [0.3, 0.4) is 0 Å². The Kier molecular flexibility index (Phi) is 2.18. The predicted octanol–water partition coefficient (Wildman–Crippen LogP) is 1.65. The molecule has 0 amide bonds. The number of nitro groups is 1. The number of nitrogen functional groups attached to an aromatic ring is 1. The van der Waals surface area contributed by atoms with Crippen molar-refractivity contribution < 1.29 is 10.0 Å². The number of phenols is 1. The van der Waals surface area contributed by atoms with Crippen molar-refractivity contribution in [1.82, 2.24) is 0 Å². The standard InChI is InChI=1S/C6H5BrN2O3/c7-3-1-2-4(10)5(8)6(3)9(11)12/h1-2,10H,8H2. The molecule has 0 radical (unpaired) electrons. The van der Waals surface area contributed by atoms with Crippen LogP contribution in [0.4, 0.5) is 11.4 Å². The van der Waals surface area contributed by atoms with E-state index in [1.54, 1.807) is 0 Å². The summed E-state index contributed by atoms with van der Waals surface area (Å²) in [5, 5.41) is 19.4. The monoisotopic (exact) mass is 232 g/mol.